The molecule has 0 amide bonds. The van der Waals surface area contributed by atoms with Gasteiger partial charge in [-0.1, -0.05) is 67.1 Å². The molecule has 1 spiro atoms. The second-order valence-corrected chi connectivity index (χ2v) is 8.28. The van der Waals surface area contributed by atoms with Gasteiger partial charge < -0.3 is 9.47 Å². The number of azo groups is 1. The van der Waals surface area contributed by atoms with E-state index in [4.69, 9.17) is 19.7 Å². The number of ether oxygens (including phenoxy) is 2. The maximum absolute atomic E-state index is 6.66. The molecule has 2 aromatic carbocycles. The fraction of sp³-hybridized carbons (Fsp3) is 0.478. The lowest BCUT2D eigenvalue weighted by molar-refractivity contribution is -0.314. The van der Waals surface area contributed by atoms with Crippen LogP contribution in [0.15, 0.2) is 70.9 Å². The van der Waals surface area contributed by atoms with E-state index in [9.17, 15) is 0 Å². The zero-order chi connectivity index (χ0) is 18.0. The van der Waals surface area contributed by atoms with E-state index in [-0.39, 0.29) is 0 Å². The molecule has 27 heavy (non-hydrogen) atoms. The van der Waals surface area contributed by atoms with Crippen molar-refractivity contribution in [3.8, 4) is 0 Å². The third-order valence-electron chi connectivity index (χ3n) is 7.29. The van der Waals surface area contributed by atoms with E-state index in [1.54, 1.807) is 0 Å². The Morgan fingerprint density at radius 1 is 0.667 bits per heavy atom. The Labute approximate surface area is 159 Å². The average molecular weight is 360 g/mol. The molecular weight excluding hydrogens is 336 g/mol. The lowest BCUT2D eigenvalue weighted by atomic mass is 9.74. The standard InChI is InChI=1S/C23H24N2O2/c1-3-9-17(10-4-1)21-19-13-7-14-20(19)22(25-24-21,18-11-5-2-6-12-18)23(21)26-15-8-16-27-23/h1-6,9-12,19-20H,7-8,13-16H2/t19-,20+,21+,22-. The minimum Gasteiger partial charge on any atom is -0.345 e. The lowest BCUT2D eigenvalue weighted by Gasteiger charge is -2.48. The van der Waals surface area contributed by atoms with Crippen LogP contribution in [-0.2, 0) is 20.6 Å². The average Bonchev–Trinajstić information content (AvgIpc) is 3.38. The second kappa shape index (κ2) is 5.49. The summed E-state index contributed by atoms with van der Waals surface area (Å²) in [6.07, 6.45) is 4.45. The van der Waals surface area contributed by atoms with E-state index in [1.807, 2.05) is 0 Å². The first-order chi connectivity index (χ1) is 13.4. The Kier molecular flexibility index (Phi) is 3.25. The van der Waals surface area contributed by atoms with Gasteiger partial charge in [0.05, 0.1) is 13.2 Å². The van der Waals surface area contributed by atoms with Gasteiger partial charge in [0, 0.05) is 11.8 Å². The highest BCUT2D eigenvalue weighted by atomic mass is 16.7. The molecule has 138 valence electrons. The highest BCUT2D eigenvalue weighted by Gasteiger charge is 2.84. The predicted octanol–water partition coefficient (Wildman–Crippen LogP) is 4.81. The zero-order valence-electron chi connectivity index (χ0n) is 15.4. The van der Waals surface area contributed by atoms with Gasteiger partial charge in [0.2, 0.25) is 5.79 Å². The van der Waals surface area contributed by atoms with Gasteiger partial charge in [0.25, 0.3) is 0 Å². The third kappa shape index (κ3) is 1.68. The van der Waals surface area contributed by atoms with E-state index < -0.39 is 16.9 Å². The second-order valence-electron chi connectivity index (χ2n) is 8.28. The minimum absolute atomic E-state index is 0.399. The summed E-state index contributed by atoms with van der Waals surface area (Å²) in [6, 6.07) is 21.3. The van der Waals surface area contributed by atoms with Crippen LogP contribution in [0.4, 0.5) is 0 Å². The lowest BCUT2D eigenvalue weighted by Crippen LogP contribution is -2.61. The summed E-state index contributed by atoms with van der Waals surface area (Å²) < 4.78 is 13.3. The van der Waals surface area contributed by atoms with Crippen LogP contribution in [0, 0.1) is 11.8 Å². The molecule has 2 aromatic rings. The molecule has 1 saturated heterocycles. The molecule has 2 saturated carbocycles. The molecular formula is C23H24N2O2. The zero-order valence-corrected chi connectivity index (χ0v) is 15.4. The van der Waals surface area contributed by atoms with E-state index in [0.717, 1.165) is 19.3 Å². The quantitative estimate of drug-likeness (QED) is 0.771. The number of hydrogen-bond donors (Lipinski definition) is 0. The minimum atomic E-state index is -0.837. The van der Waals surface area contributed by atoms with Crippen LogP contribution < -0.4 is 0 Å². The first-order valence-electron chi connectivity index (χ1n) is 10.2. The third-order valence-corrected chi connectivity index (χ3v) is 7.29. The maximum atomic E-state index is 6.66. The Balaban J connectivity index is 1.67. The van der Waals surface area contributed by atoms with Crippen molar-refractivity contribution in [3.63, 3.8) is 0 Å². The first kappa shape index (κ1) is 16.0. The van der Waals surface area contributed by atoms with E-state index >= 15 is 0 Å². The predicted molar refractivity (Wildman–Crippen MR) is 101 cm³/mol. The normalized spacial score (nSPS) is 38.4. The summed E-state index contributed by atoms with van der Waals surface area (Å²) >= 11 is 0. The summed E-state index contributed by atoms with van der Waals surface area (Å²) in [5.74, 6) is -0.0390. The summed E-state index contributed by atoms with van der Waals surface area (Å²) in [5.41, 5.74) is 1.27. The molecule has 0 radical (unpaired) electrons. The molecule has 2 heterocycles. The van der Waals surface area contributed by atoms with Crippen molar-refractivity contribution in [2.75, 3.05) is 13.2 Å². The van der Waals surface area contributed by atoms with Gasteiger partial charge in [0.15, 0.2) is 11.1 Å². The first-order valence-corrected chi connectivity index (χ1v) is 10.2. The van der Waals surface area contributed by atoms with Crippen molar-refractivity contribution in [2.24, 2.45) is 22.1 Å². The van der Waals surface area contributed by atoms with Crippen LogP contribution in [0.5, 0.6) is 0 Å². The number of hydrogen-bond acceptors (Lipinski definition) is 4. The van der Waals surface area contributed by atoms with Crippen LogP contribution in [0.3, 0.4) is 0 Å². The molecule has 2 aliphatic carbocycles. The number of benzene rings is 2. The van der Waals surface area contributed by atoms with E-state index in [1.165, 1.54) is 17.5 Å². The molecule has 0 aromatic heterocycles. The molecule has 4 aliphatic rings. The molecule has 4 atom stereocenters. The van der Waals surface area contributed by atoms with Gasteiger partial charge in [-0.2, -0.15) is 10.2 Å². The Hall–Kier alpha value is -2.04. The largest absolute Gasteiger partial charge is 0.345 e. The Bertz CT molecular complexity index is 812. The van der Waals surface area contributed by atoms with Crippen molar-refractivity contribution < 1.29 is 9.47 Å². The van der Waals surface area contributed by atoms with Gasteiger partial charge in [-0.25, -0.2) is 0 Å². The number of rotatable bonds is 2. The molecule has 6 rings (SSSR count). The molecule has 2 aliphatic heterocycles. The Morgan fingerprint density at radius 3 is 1.63 bits per heavy atom. The fourth-order valence-electron chi connectivity index (χ4n) is 6.46. The maximum Gasteiger partial charge on any atom is 0.232 e. The van der Waals surface area contributed by atoms with Crippen molar-refractivity contribution in [2.45, 2.75) is 42.5 Å². The molecule has 3 fully saturated rings. The van der Waals surface area contributed by atoms with Crippen LogP contribution in [0.25, 0.3) is 0 Å². The number of nitrogens with zero attached hydrogens (tertiary/aromatic N) is 2. The highest BCUT2D eigenvalue weighted by molar-refractivity contribution is 5.46. The monoisotopic (exact) mass is 360 g/mol. The van der Waals surface area contributed by atoms with Gasteiger partial charge >= 0.3 is 0 Å². The summed E-state index contributed by atoms with van der Waals surface area (Å²) in [6.45, 7) is 1.40. The van der Waals surface area contributed by atoms with E-state index in [2.05, 4.69) is 60.7 Å². The SMILES string of the molecule is c1ccc([C@@]23N=N[C@@](c4ccccc4)([C@@H]4CCC[C@@H]42)C32OCCCO2)cc1. The molecule has 4 heteroatoms. The fourth-order valence-corrected chi connectivity index (χ4v) is 6.46. The molecule has 0 N–H and O–H groups in total. The summed E-state index contributed by atoms with van der Waals surface area (Å²) in [4.78, 5) is 0. The van der Waals surface area contributed by atoms with Gasteiger partial charge in [-0.15, -0.1) is 0 Å². The van der Waals surface area contributed by atoms with Gasteiger partial charge in [-0.05, 0) is 30.4 Å². The highest BCUT2D eigenvalue weighted by Crippen LogP contribution is 2.75. The van der Waals surface area contributed by atoms with Crippen LogP contribution in [0.1, 0.15) is 36.8 Å². The van der Waals surface area contributed by atoms with Gasteiger partial charge in [-0.3, -0.25) is 0 Å². The van der Waals surface area contributed by atoms with Crippen molar-refractivity contribution >= 4 is 0 Å². The molecule has 0 unspecified atom stereocenters. The molecule has 4 nitrogen and oxygen atoms in total. The van der Waals surface area contributed by atoms with E-state index in [0.29, 0.717) is 25.0 Å². The van der Waals surface area contributed by atoms with Gasteiger partial charge in [0.1, 0.15) is 0 Å². The van der Waals surface area contributed by atoms with Crippen molar-refractivity contribution in [1.82, 2.24) is 0 Å². The van der Waals surface area contributed by atoms with Crippen LogP contribution in [-0.4, -0.2) is 19.0 Å². The van der Waals surface area contributed by atoms with Crippen LogP contribution in [0.2, 0.25) is 0 Å². The number of fused-ring (bicyclic) bond motifs is 3. The van der Waals surface area contributed by atoms with Crippen molar-refractivity contribution in [1.29, 1.82) is 0 Å². The topological polar surface area (TPSA) is 43.2 Å². The van der Waals surface area contributed by atoms with Crippen molar-refractivity contribution in [3.05, 3.63) is 71.8 Å². The Morgan fingerprint density at radius 2 is 1.15 bits per heavy atom. The summed E-state index contributed by atoms with van der Waals surface area (Å²) in [7, 11) is 0. The summed E-state index contributed by atoms with van der Waals surface area (Å²) in [5, 5.41) is 10.1. The molecule has 2 bridgehead atoms. The smallest absolute Gasteiger partial charge is 0.232 e. The van der Waals surface area contributed by atoms with Crippen LogP contribution >= 0.6 is 0 Å².